The molecule has 2 heterocycles. The summed E-state index contributed by atoms with van der Waals surface area (Å²) in [5.74, 6) is 0. The largest absolute Gasteiger partial charge is 0.310 e. The molecule has 1 unspecified atom stereocenters. The van der Waals surface area contributed by atoms with Crippen molar-refractivity contribution in [3.63, 3.8) is 0 Å². The van der Waals surface area contributed by atoms with Gasteiger partial charge < -0.3 is 5.32 Å². The lowest BCUT2D eigenvalue weighted by molar-refractivity contribution is 0.486. The third-order valence-electron chi connectivity index (χ3n) is 3.68. The van der Waals surface area contributed by atoms with Gasteiger partial charge in [-0.1, -0.05) is 31.9 Å². The molecule has 0 spiro atoms. The molecule has 0 aliphatic heterocycles. The highest BCUT2D eigenvalue weighted by atomic mass is 15.2. The molecule has 0 aliphatic rings. The zero-order chi connectivity index (χ0) is 14.2. The van der Waals surface area contributed by atoms with Crippen molar-refractivity contribution in [2.75, 3.05) is 6.54 Å². The van der Waals surface area contributed by atoms with Crippen LogP contribution in [-0.4, -0.2) is 16.2 Å². The second kappa shape index (κ2) is 7.85. The molecule has 0 saturated heterocycles. The molecule has 0 aromatic carbocycles. The van der Waals surface area contributed by atoms with Gasteiger partial charge in [0.25, 0.3) is 0 Å². The Morgan fingerprint density at radius 1 is 1.35 bits per heavy atom. The highest BCUT2D eigenvalue weighted by Gasteiger charge is 2.14. The van der Waals surface area contributed by atoms with Crippen LogP contribution in [-0.2, 0) is 0 Å². The smallest absolute Gasteiger partial charge is 0.0709 e. The van der Waals surface area contributed by atoms with Crippen LogP contribution in [0, 0.1) is 0 Å². The molecule has 108 valence electrons. The monoisotopic (exact) mass is 271 g/mol. The van der Waals surface area contributed by atoms with Crippen LogP contribution in [0.2, 0.25) is 0 Å². The minimum absolute atomic E-state index is 0.406. The molecule has 0 saturated carbocycles. The fraction of sp³-hybridized carbons (Fsp3) is 0.471. The number of pyridine rings is 1. The molecular weight excluding hydrogens is 246 g/mol. The van der Waals surface area contributed by atoms with E-state index in [0.717, 1.165) is 13.0 Å². The molecule has 1 N–H and O–H groups in total. The molecule has 3 heteroatoms. The first-order chi connectivity index (χ1) is 9.86. The van der Waals surface area contributed by atoms with E-state index in [1.165, 1.54) is 36.8 Å². The molecule has 0 fully saturated rings. The van der Waals surface area contributed by atoms with E-state index in [-0.39, 0.29) is 0 Å². The number of fused-ring (bicyclic) bond motifs is 1. The van der Waals surface area contributed by atoms with Crippen LogP contribution in [0.1, 0.15) is 50.6 Å². The number of hydrogen-bond acceptors (Lipinski definition) is 2. The van der Waals surface area contributed by atoms with E-state index in [9.17, 15) is 0 Å². The Morgan fingerprint density at radius 3 is 3.05 bits per heavy atom. The van der Waals surface area contributed by atoms with Crippen LogP contribution in [0.15, 0.2) is 43.2 Å². The summed E-state index contributed by atoms with van der Waals surface area (Å²) in [7, 11) is 0. The first-order valence-corrected chi connectivity index (χ1v) is 7.63. The molecule has 0 bridgehead atoms. The predicted molar refractivity (Wildman–Crippen MR) is 84.9 cm³/mol. The second-order valence-corrected chi connectivity index (χ2v) is 5.17. The maximum absolute atomic E-state index is 4.44. The van der Waals surface area contributed by atoms with Crippen molar-refractivity contribution in [1.82, 2.24) is 14.9 Å². The highest BCUT2D eigenvalue weighted by molar-refractivity contribution is 5.54. The molecular formula is C17H25N3. The molecule has 3 nitrogen and oxygen atoms in total. The van der Waals surface area contributed by atoms with Crippen LogP contribution in [0.4, 0.5) is 0 Å². The zero-order valence-electron chi connectivity index (χ0n) is 12.4. The van der Waals surface area contributed by atoms with Gasteiger partial charge in [-0.25, -0.2) is 4.52 Å². The number of rotatable bonds is 9. The fourth-order valence-corrected chi connectivity index (χ4v) is 2.65. The van der Waals surface area contributed by atoms with Gasteiger partial charge in [0.15, 0.2) is 0 Å². The summed E-state index contributed by atoms with van der Waals surface area (Å²) in [6.07, 6.45) is 12.1. The summed E-state index contributed by atoms with van der Waals surface area (Å²) in [6, 6.07) is 6.64. The SMILES string of the molecule is C=CCCCCCC(NCC)c1cnn2ccccc12. The Hall–Kier alpha value is -1.61. The predicted octanol–water partition coefficient (Wildman–Crippen LogP) is 4.12. The summed E-state index contributed by atoms with van der Waals surface area (Å²) in [5, 5.41) is 8.04. The maximum Gasteiger partial charge on any atom is 0.0709 e. The van der Waals surface area contributed by atoms with E-state index in [0.29, 0.717) is 6.04 Å². The van der Waals surface area contributed by atoms with Crippen LogP contribution >= 0.6 is 0 Å². The van der Waals surface area contributed by atoms with Crippen molar-refractivity contribution in [2.24, 2.45) is 0 Å². The second-order valence-electron chi connectivity index (χ2n) is 5.17. The first-order valence-electron chi connectivity index (χ1n) is 7.63. The normalized spacial score (nSPS) is 12.7. The first kappa shape index (κ1) is 14.8. The molecule has 20 heavy (non-hydrogen) atoms. The number of hydrogen-bond donors (Lipinski definition) is 1. The van der Waals surface area contributed by atoms with E-state index in [1.807, 2.05) is 29.1 Å². The number of aromatic nitrogens is 2. The third-order valence-corrected chi connectivity index (χ3v) is 3.68. The Labute approximate surface area is 121 Å². The van der Waals surface area contributed by atoms with Gasteiger partial charge in [-0.2, -0.15) is 5.10 Å². The van der Waals surface area contributed by atoms with E-state index < -0.39 is 0 Å². The molecule has 0 aliphatic carbocycles. The van der Waals surface area contributed by atoms with Crippen molar-refractivity contribution < 1.29 is 0 Å². The number of unbranched alkanes of at least 4 members (excludes halogenated alkanes) is 3. The van der Waals surface area contributed by atoms with E-state index in [2.05, 4.69) is 36.1 Å². The van der Waals surface area contributed by atoms with Crippen LogP contribution < -0.4 is 5.32 Å². The van der Waals surface area contributed by atoms with Gasteiger partial charge >= 0.3 is 0 Å². The third kappa shape index (κ3) is 3.70. The van der Waals surface area contributed by atoms with Gasteiger partial charge in [0.2, 0.25) is 0 Å². The Morgan fingerprint density at radius 2 is 2.25 bits per heavy atom. The Bertz CT molecular complexity index is 530. The minimum Gasteiger partial charge on any atom is -0.310 e. The van der Waals surface area contributed by atoms with Gasteiger partial charge in [-0.05, 0) is 37.9 Å². The quantitative estimate of drug-likeness (QED) is 0.549. The average molecular weight is 271 g/mol. The number of nitrogens with one attached hydrogen (secondary N) is 1. The lowest BCUT2D eigenvalue weighted by Gasteiger charge is -2.17. The van der Waals surface area contributed by atoms with Crippen molar-refractivity contribution in [1.29, 1.82) is 0 Å². The molecule has 0 radical (unpaired) electrons. The molecule has 1 atom stereocenters. The van der Waals surface area contributed by atoms with Gasteiger partial charge in [0.05, 0.1) is 11.7 Å². The van der Waals surface area contributed by atoms with Gasteiger partial charge in [-0.15, -0.1) is 6.58 Å². The lowest BCUT2D eigenvalue weighted by Crippen LogP contribution is -2.20. The standard InChI is InChI=1S/C17H25N3/c1-3-5-6-7-8-11-16(18-4-2)15-14-19-20-13-10-9-12-17(15)20/h3,9-10,12-14,16,18H,1,4-8,11H2,2H3. The van der Waals surface area contributed by atoms with Crippen molar-refractivity contribution >= 4 is 5.52 Å². The highest BCUT2D eigenvalue weighted by Crippen LogP contribution is 2.24. The molecule has 2 aromatic rings. The molecule has 0 amide bonds. The Balaban J connectivity index is 2.02. The van der Waals surface area contributed by atoms with Gasteiger partial charge in [0, 0.05) is 17.8 Å². The van der Waals surface area contributed by atoms with E-state index >= 15 is 0 Å². The van der Waals surface area contributed by atoms with Crippen molar-refractivity contribution in [3.8, 4) is 0 Å². The lowest BCUT2D eigenvalue weighted by atomic mass is 10.0. The topological polar surface area (TPSA) is 29.3 Å². The van der Waals surface area contributed by atoms with E-state index in [4.69, 9.17) is 0 Å². The van der Waals surface area contributed by atoms with Gasteiger partial charge in [0.1, 0.15) is 0 Å². The number of allylic oxidation sites excluding steroid dienone is 1. The summed E-state index contributed by atoms with van der Waals surface area (Å²) in [4.78, 5) is 0. The van der Waals surface area contributed by atoms with Crippen molar-refractivity contribution in [3.05, 3.63) is 48.8 Å². The van der Waals surface area contributed by atoms with Crippen LogP contribution in [0.25, 0.3) is 5.52 Å². The summed E-state index contributed by atoms with van der Waals surface area (Å²) >= 11 is 0. The average Bonchev–Trinajstić information content (AvgIpc) is 2.90. The summed E-state index contributed by atoms with van der Waals surface area (Å²) < 4.78 is 1.96. The van der Waals surface area contributed by atoms with Crippen LogP contribution in [0.5, 0.6) is 0 Å². The molecule has 2 rings (SSSR count). The van der Waals surface area contributed by atoms with Gasteiger partial charge in [-0.3, -0.25) is 0 Å². The maximum atomic E-state index is 4.44. The minimum atomic E-state index is 0.406. The summed E-state index contributed by atoms with van der Waals surface area (Å²) in [5.41, 5.74) is 2.53. The van der Waals surface area contributed by atoms with Crippen LogP contribution in [0.3, 0.4) is 0 Å². The summed E-state index contributed by atoms with van der Waals surface area (Å²) in [6.45, 7) is 6.93. The zero-order valence-corrected chi connectivity index (χ0v) is 12.4. The Kier molecular flexibility index (Phi) is 5.81. The van der Waals surface area contributed by atoms with E-state index in [1.54, 1.807) is 0 Å². The number of nitrogens with zero attached hydrogens (tertiary/aromatic N) is 2. The molecule has 2 aromatic heterocycles. The fourth-order valence-electron chi connectivity index (χ4n) is 2.65. The van der Waals surface area contributed by atoms with Crippen molar-refractivity contribution in [2.45, 2.75) is 45.1 Å².